The van der Waals surface area contributed by atoms with Crippen LogP contribution in [0.3, 0.4) is 0 Å². The first-order valence-corrected chi connectivity index (χ1v) is 8.17. The molecule has 1 aromatic carbocycles. The maximum absolute atomic E-state index is 5.96. The molecule has 0 aliphatic heterocycles. The average Bonchev–Trinajstić information content (AvgIpc) is 3.12. The molecule has 0 aliphatic rings. The smallest absolute Gasteiger partial charge is 0.134 e. The fourth-order valence-corrected chi connectivity index (χ4v) is 3.14. The molecule has 2 aromatic heterocycles. The van der Waals surface area contributed by atoms with Gasteiger partial charge >= 0.3 is 0 Å². The Morgan fingerprint density at radius 1 is 1.33 bits per heavy atom. The van der Waals surface area contributed by atoms with Gasteiger partial charge in [0.1, 0.15) is 11.3 Å². The van der Waals surface area contributed by atoms with Crippen molar-refractivity contribution >= 4 is 22.3 Å². The molecule has 0 amide bonds. The van der Waals surface area contributed by atoms with Gasteiger partial charge in [-0.15, -0.1) is 11.3 Å². The van der Waals surface area contributed by atoms with E-state index in [0.29, 0.717) is 0 Å². The van der Waals surface area contributed by atoms with Crippen molar-refractivity contribution in [1.82, 2.24) is 9.88 Å². The van der Waals surface area contributed by atoms with E-state index in [1.807, 2.05) is 18.2 Å². The highest BCUT2D eigenvalue weighted by Gasteiger charge is 2.17. The Morgan fingerprint density at radius 3 is 2.86 bits per heavy atom. The number of aryl methyl sites for hydroxylation is 1. The number of para-hydroxylation sites is 1. The van der Waals surface area contributed by atoms with Crippen molar-refractivity contribution in [3.8, 4) is 0 Å². The first-order valence-electron chi connectivity index (χ1n) is 7.29. The molecule has 0 fully saturated rings. The molecule has 0 bridgehead atoms. The summed E-state index contributed by atoms with van der Waals surface area (Å²) in [7, 11) is 2.11. The molecule has 0 N–H and O–H groups in total. The van der Waals surface area contributed by atoms with Crippen LogP contribution in [-0.4, -0.2) is 16.9 Å². The third kappa shape index (κ3) is 3.01. The zero-order valence-electron chi connectivity index (χ0n) is 12.7. The molecule has 0 saturated carbocycles. The summed E-state index contributed by atoms with van der Waals surface area (Å²) in [6.07, 6.45) is 1.01. The van der Waals surface area contributed by atoms with Gasteiger partial charge in [-0.2, -0.15) is 0 Å². The lowest BCUT2D eigenvalue weighted by atomic mass is 10.2. The summed E-state index contributed by atoms with van der Waals surface area (Å²) in [5, 5.41) is 4.52. The van der Waals surface area contributed by atoms with Gasteiger partial charge < -0.3 is 4.42 Å². The van der Waals surface area contributed by atoms with E-state index < -0.39 is 0 Å². The second kappa shape index (κ2) is 6.00. The van der Waals surface area contributed by atoms with Crippen LogP contribution < -0.4 is 0 Å². The molecule has 1 unspecified atom stereocenters. The zero-order chi connectivity index (χ0) is 14.8. The number of rotatable bonds is 5. The number of hydrogen-bond acceptors (Lipinski definition) is 4. The Balaban J connectivity index is 1.75. The molecule has 110 valence electrons. The number of nitrogens with zero attached hydrogens (tertiary/aromatic N) is 2. The lowest BCUT2D eigenvalue weighted by molar-refractivity contribution is 0.224. The van der Waals surface area contributed by atoms with Crippen molar-refractivity contribution in [2.45, 2.75) is 32.9 Å². The maximum atomic E-state index is 5.96. The van der Waals surface area contributed by atoms with Crippen molar-refractivity contribution in [1.29, 1.82) is 0 Å². The van der Waals surface area contributed by atoms with Gasteiger partial charge in [0.25, 0.3) is 0 Å². The van der Waals surface area contributed by atoms with Gasteiger partial charge in [0.15, 0.2) is 0 Å². The summed E-state index contributed by atoms with van der Waals surface area (Å²) >= 11 is 1.74. The first-order chi connectivity index (χ1) is 10.2. The van der Waals surface area contributed by atoms with E-state index in [-0.39, 0.29) is 6.04 Å². The van der Waals surface area contributed by atoms with Crippen LogP contribution in [0.2, 0.25) is 0 Å². The van der Waals surface area contributed by atoms with Crippen LogP contribution in [0.4, 0.5) is 0 Å². The lowest BCUT2D eigenvalue weighted by Gasteiger charge is -2.21. The van der Waals surface area contributed by atoms with E-state index in [1.165, 1.54) is 5.01 Å². The van der Waals surface area contributed by atoms with E-state index in [2.05, 4.69) is 48.3 Å². The Bertz CT molecular complexity index is 698. The molecule has 3 nitrogen and oxygen atoms in total. The Kier molecular flexibility index (Phi) is 4.08. The van der Waals surface area contributed by atoms with Crippen LogP contribution >= 0.6 is 11.3 Å². The molecule has 0 spiro atoms. The van der Waals surface area contributed by atoms with Crippen LogP contribution in [0.1, 0.15) is 36.4 Å². The Morgan fingerprint density at radius 2 is 2.14 bits per heavy atom. The Labute approximate surface area is 129 Å². The first kappa shape index (κ1) is 14.3. The van der Waals surface area contributed by atoms with E-state index >= 15 is 0 Å². The number of benzene rings is 1. The van der Waals surface area contributed by atoms with E-state index in [1.54, 1.807) is 11.3 Å². The van der Waals surface area contributed by atoms with Gasteiger partial charge in [0.2, 0.25) is 0 Å². The topological polar surface area (TPSA) is 29.3 Å². The summed E-state index contributed by atoms with van der Waals surface area (Å²) in [5.41, 5.74) is 2.09. The standard InChI is InChI=1S/C17H20N2OS/c1-4-17-18-14(11-21-17)10-19(3)12(2)16-9-13-7-5-6-8-15(13)20-16/h5-9,11-12H,4,10H2,1-3H3. The average molecular weight is 300 g/mol. The third-order valence-electron chi connectivity index (χ3n) is 3.83. The van der Waals surface area contributed by atoms with Crippen molar-refractivity contribution in [3.05, 3.63) is 52.2 Å². The molecule has 1 atom stereocenters. The summed E-state index contributed by atoms with van der Waals surface area (Å²) in [6, 6.07) is 10.5. The number of hydrogen-bond donors (Lipinski definition) is 0. The minimum absolute atomic E-state index is 0.226. The molecule has 21 heavy (non-hydrogen) atoms. The molecular weight excluding hydrogens is 280 g/mol. The van der Waals surface area contributed by atoms with Crippen LogP contribution in [-0.2, 0) is 13.0 Å². The summed E-state index contributed by atoms with van der Waals surface area (Å²) < 4.78 is 5.96. The monoisotopic (exact) mass is 300 g/mol. The van der Waals surface area contributed by atoms with Gasteiger partial charge in [0.05, 0.1) is 16.7 Å². The summed E-state index contributed by atoms with van der Waals surface area (Å²) in [5.74, 6) is 1.00. The molecule has 3 aromatic rings. The Hall–Kier alpha value is -1.65. The predicted molar refractivity (Wildman–Crippen MR) is 87.6 cm³/mol. The number of aromatic nitrogens is 1. The molecule has 0 radical (unpaired) electrons. The third-order valence-corrected chi connectivity index (χ3v) is 4.87. The van der Waals surface area contributed by atoms with E-state index in [4.69, 9.17) is 4.42 Å². The molecule has 2 heterocycles. The number of fused-ring (bicyclic) bond motifs is 1. The van der Waals surface area contributed by atoms with E-state index in [0.717, 1.165) is 35.4 Å². The van der Waals surface area contributed by atoms with Crippen LogP contribution in [0.25, 0.3) is 11.0 Å². The second-order valence-electron chi connectivity index (χ2n) is 5.36. The largest absolute Gasteiger partial charge is 0.459 e. The minimum Gasteiger partial charge on any atom is -0.459 e. The van der Waals surface area contributed by atoms with Crippen LogP contribution in [0.5, 0.6) is 0 Å². The molecule has 4 heteroatoms. The van der Waals surface area contributed by atoms with Crippen LogP contribution in [0, 0.1) is 0 Å². The predicted octanol–water partition coefficient (Wildman–Crippen LogP) is 4.64. The molecule has 0 aliphatic carbocycles. The molecule has 3 rings (SSSR count). The fourth-order valence-electron chi connectivity index (χ4n) is 2.40. The normalized spacial score (nSPS) is 13.1. The number of thiazole rings is 1. The highest BCUT2D eigenvalue weighted by atomic mass is 32.1. The van der Waals surface area contributed by atoms with Gasteiger partial charge in [-0.05, 0) is 32.5 Å². The van der Waals surface area contributed by atoms with Crippen molar-refractivity contribution in [3.63, 3.8) is 0 Å². The van der Waals surface area contributed by atoms with Crippen LogP contribution in [0.15, 0.2) is 40.1 Å². The highest BCUT2D eigenvalue weighted by molar-refractivity contribution is 7.09. The molecular formula is C17H20N2OS. The zero-order valence-corrected chi connectivity index (χ0v) is 13.5. The summed E-state index contributed by atoms with van der Waals surface area (Å²) in [4.78, 5) is 6.90. The molecule has 0 saturated heterocycles. The van der Waals surface area contributed by atoms with Gasteiger partial charge in [0, 0.05) is 17.3 Å². The SMILES string of the molecule is CCc1nc(CN(C)C(C)c2cc3ccccc3o2)cs1. The maximum Gasteiger partial charge on any atom is 0.134 e. The van der Waals surface area contributed by atoms with Crippen molar-refractivity contribution in [2.75, 3.05) is 7.05 Å². The van der Waals surface area contributed by atoms with Crippen molar-refractivity contribution < 1.29 is 4.42 Å². The van der Waals surface area contributed by atoms with Gasteiger partial charge in [-0.1, -0.05) is 25.1 Å². The highest BCUT2D eigenvalue weighted by Crippen LogP contribution is 2.27. The number of furan rings is 1. The van der Waals surface area contributed by atoms with E-state index in [9.17, 15) is 0 Å². The van der Waals surface area contributed by atoms with Gasteiger partial charge in [-0.25, -0.2) is 4.98 Å². The second-order valence-corrected chi connectivity index (χ2v) is 6.31. The van der Waals surface area contributed by atoms with Gasteiger partial charge in [-0.3, -0.25) is 4.90 Å². The lowest BCUT2D eigenvalue weighted by Crippen LogP contribution is -2.21. The summed E-state index contributed by atoms with van der Waals surface area (Å²) in [6.45, 7) is 5.16. The fraction of sp³-hybridized carbons (Fsp3) is 0.353. The van der Waals surface area contributed by atoms with Crippen molar-refractivity contribution in [2.24, 2.45) is 0 Å². The quantitative estimate of drug-likeness (QED) is 0.687. The minimum atomic E-state index is 0.226.